The Hall–Kier alpha value is -0.860. The van der Waals surface area contributed by atoms with E-state index < -0.39 is 10.0 Å². The maximum absolute atomic E-state index is 12.1. The van der Waals surface area contributed by atoms with Gasteiger partial charge in [-0.3, -0.25) is 9.71 Å². The Bertz CT molecular complexity index is 676. The van der Waals surface area contributed by atoms with Crippen LogP contribution in [0.25, 0.3) is 0 Å². The number of rotatable bonds is 3. The van der Waals surface area contributed by atoms with Crippen LogP contribution in [0.15, 0.2) is 47.6 Å². The topological polar surface area (TPSA) is 59.1 Å². The molecule has 2 aromatic rings. The highest BCUT2D eigenvalue weighted by atomic mass is 127. The molecule has 18 heavy (non-hydrogen) atoms. The molecule has 0 fully saturated rings. The Labute approximate surface area is 124 Å². The molecule has 0 aliphatic heterocycles. The lowest BCUT2D eigenvalue weighted by Crippen LogP contribution is -2.14. The van der Waals surface area contributed by atoms with Gasteiger partial charge >= 0.3 is 0 Å². The Morgan fingerprint density at radius 1 is 1.22 bits per heavy atom. The number of nitrogens with zero attached hydrogens (tertiary/aromatic N) is 1. The molecular weight excluding hydrogens is 387 g/mol. The van der Waals surface area contributed by atoms with Gasteiger partial charge in [0, 0.05) is 16.0 Å². The third-order valence-corrected chi connectivity index (χ3v) is 4.92. The Morgan fingerprint density at radius 2 is 1.94 bits per heavy atom. The van der Waals surface area contributed by atoms with Gasteiger partial charge in [0.25, 0.3) is 10.0 Å². The van der Waals surface area contributed by atoms with Crippen LogP contribution in [0.5, 0.6) is 0 Å². The molecule has 0 unspecified atom stereocenters. The maximum Gasteiger partial charge on any atom is 0.264 e. The lowest BCUT2D eigenvalue weighted by atomic mass is 10.3. The molecule has 1 N–H and O–H groups in total. The second-order valence-corrected chi connectivity index (χ2v) is 6.61. The largest absolute Gasteiger partial charge is 0.278 e. The van der Waals surface area contributed by atoms with Gasteiger partial charge in [-0.1, -0.05) is 23.7 Å². The normalized spacial score (nSPS) is 11.2. The average molecular weight is 395 g/mol. The smallest absolute Gasteiger partial charge is 0.264 e. The van der Waals surface area contributed by atoms with Crippen molar-refractivity contribution in [2.75, 3.05) is 4.72 Å². The van der Waals surface area contributed by atoms with Gasteiger partial charge in [0.15, 0.2) is 0 Å². The monoisotopic (exact) mass is 394 g/mol. The summed E-state index contributed by atoms with van der Waals surface area (Å²) < 4.78 is 27.6. The Morgan fingerprint density at radius 3 is 2.61 bits per heavy atom. The first kappa shape index (κ1) is 13.6. The predicted octanol–water partition coefficient (Wildman–Crippen LogP) is 3.14. The van der Waals surface area contributed by atoms with Gasteiger partial charge in [0.05, 0.1) is 10.7 Å². The van der Waals surface area contributed by atoms with Crippen LogP contribution in [0.1, 0.15) is 0 Å². The lowest BCUT2D eigenvalue weighted by Gasteiger charge is -2.10. The molecule has 7 heteroatoms. The lowest BCUT2D eigenvalue weighted by molar-refractivity contribution is 0.601. The van der Waals surface area contributed by atoms with Crippen molar-refractivity contribution in [3.05, 3.63) is 51.3 Å². The second kappa shape index (κ2) is 5.41. The number of hydrogen-bond acceptors (Lipinski definition) is 3. The van der Waals surface area contributed by atoms with Crippen LogP contribution < -0.4 is 4.72 Å². The molecule has 0 atom stereocenters. The molecular formula is C11H8ClIN2O2S. The molecule has 1 aromatic carbocycles. The number of aromatic nitrogens is 1. The summed E-state index contributed by atoms with van der Waals surface area (Å²) in [6.45, 7) is 0. The third-order valence-electron chi connectivity index (χ3n) is 2.14. The van der Waals surface area contributed by atoms with E-state index in [-0.39, 0.29) is 9.92 Å². The summed E-state index contributed by atoms with van der Waals surface area (Å²) in [5.74, 6) is 0. The highest BCUT2D eigenvalue weighted by Crippen LogP contribution is 2.24. The standard InChI is InChI=1S/C11H8ClIN2O2S/c12-8-5-6-14-7-11(8)18(16,17)15-10-4-2-1-3-9(10)13/h1-7,15H. The molecule has 0 saturated heterocycles. The van der Waals surface area contributed by atoms with Gasteiger partial charge in [-0.2, -0.15) is 0 Å². The molecule has 0 amide bonds. The van der Waals surface area contributed by atoms with Crippen molar-refractivity contribution < 1.29 is 8.42 Å². The van der Waals surface area contributed by atoms with Crippen LogP contribution in [0.2, 0.25) is 5.02 Å². The number of sulfonamides is 1. The fourth-order valence-corrected chi connectivity index (χ4v) is 3.52. The third kappa shape index (κ3) is 2.93. The molecule has 0 radical (unpaired) electrons. The van der Waals surface area contributed by atoms with E-state index in [4.69, 9.17) is 11.6 Å². The summed E-state index contributed by atoms with van der Waals surface area (Å²) in [6, 6.07) is 8.51. The highest BCUT2D eigenvalue weighted by molar-refractivity contribution is 14.1. The average Bonchev–Trinajstić information content (AvgIpc) is 2.32. The van der Waals surface area contributed by atoms with Crippen LogP contribution in [-0.2, 0) is 10.0 Å². The van der Waals surface area contributed by atoms with Gasteiger partial charge < -0.3 is 0 Å². The van der Waals surface area contributed by atoms with Crippen molar-refractivity contribution in [1.29, 1.82) is 0 Å². The van der Waals surface area contributed by atoms with E-state index in [0.717, 1.165) is 3.57 Å². The van der Waals surface area contributed by atoms with Crippen LogP contribution in [0.4, 0.5) is 5.69 Å². The molecule has 4 nitrogen and oxygen atoms in total. The van der Waals surface area contributed by atoms with Gasteiger partial charge in [-0.15, -0.1) is 0 Å². The highest BCUT2D eigenvalue weighted by Gasteiger charge is 2.18. The molecule has 0 bridgehead atoms. The Kier molecular flexibility index (Phi) is 4.08. The number of para-hydroxylation sites is 1. The van der Waals surface area contributed by atoms with Crippen molar-refractivity contribution in [2.24, 2.45) is 0 Å². The zero-order chi connectivity index (χ0) is 13.2. The maximum atomic E-state index is 12.1. The number of benzene rings is 1. The summed E-state index contributed by atoms with van der Waals surface area (Å²) in [5, 5.41) is 0.142. The molecule has 0 saturated carbocycles. The number of hydrogen-bond donors (Lipinski definition) is 1. The van der Waals surface area contributed by atoms with Crippen molar-refractivity contribution in [3.8, 4) is 0 Å². The molecule has 0 aliphatic carbocycles. The quantitative estimate of drug-likeness (QED) is 0.814. The zero-order valence-electron chi connectivity index (χ0n) is 8.97. The first-order valence-electron chi connectivity index (χ1n) is 4.87. The van der Waals surface area contributed by atoms with E-state index in [9.17, 15) is 8.42 Å². The van der Waals surface area contributed by atoms with E-state index in [1.54, 1.807) is 12.1 Å². The molecule has 94 valence electrons. The summed E-state index contributed by atoms with van der Waals surface area (Å²) in [5.41, 5.74) is 0.512. The number of nitrogens with one attached hydrogen (secondary N) is 1. The summed E-state index contributed by atoms with van der Waals surface area (Å²) in [6.07, 6.45) is 2.66. The fraction of sp³-hybridized carbons (Fsp3) is 0. The fourth-order valence-electron chi connectivity index (χ4n) is 1.30. The van der Waals surface area contributed by atoms with Crippen LogP contribution in [0.3, 0.4) is 0 Å². The minimum absolute atomic E-state index is 0.0358. The second-order valence-electron chi connectivity index (χ2n) is 3.39. The molecule has 0 spiro atoms. The molecule has 0 aliphatic rings. The number of anilines is 1. The van der Waals surface area contributed by atoms with Crippen molar-refractivity contribution in [1.82, 2.24) is 4.98 Å². The van der Waals surface area contributed by atoms with Crippen molar-refractivity contribution in [2.45, 2.75) is 4.90 Å². The Balaban J connectivity index is 2.40. The van der Waals surface area contributed by atoms with E-state index >= 15 is 0 Å². The van der Waals surface area contributed by atoms with Crippen molar-refractivity contribution >= 4 is 49.9 Å². The SMILES string of the molecule is O=S(=O)(Nc1ccccc1I)c1cnccc1Cl. The number of halogens is 2. The molecule has 1 heterocycles. The van der Waals surface area contributed by atoms with Gasteiger partial charge in [0.2, 0.25) is 0 Å². The van der Waals surface area contributed by atoms with E-state index in [1.165, 1.54) is 18.5 Å². The number of pyridine rings is 1. The minimum atomic E-state index is -3.72. The van der Waals surface area contributed by atoms with Crippen LogP contribution in [0, 0.1) is 3.57 Å². The van der Waals surface area contributed by atoms with Crippen LogP contribution in [-0.4, -0.2) is 13.4 Å². The van der Waals surface area contributed by atoms with Gasteiger partial charge in [-0.25, -0.2) is 8.42 Å². The van der Waals surface area contributed by atoms with Crippen LogP contribution >= 0.6 is 34.2 Å². The predicted molar refractivity (Wildman–Crippen MR) is 79.2 cm³/mol. The molecule has 2 rings (SSSR count). The summed E-state index contributed by atoms with van der Waals surface area (Å²) >= 11 is 7.91. The summed E-state index contributed by atoms with van der Waals surface area (Å²) in [4.78, 5) is 3.73. The molecule has 1 aromatic heterocycles. The first-order chi connectivity index (χ1) is 8.50. The zero-order valence-corrected chi connectivity index (χ0v) is 12.7. The van der Waals surface area contributed by atoms with E-state index in [2.05, 4.69) is 32.3 Å². The van der Waals surface area contributed by atoms with Gasteiger partial charge in [0.1, 0.15) is 4.90 Å². The van der Waals surface area contributed by atoms with Crippen molar-refractivity contribution in [3.63, 3.8) is 0 Å². The minimum Gasteiger partial charge on any atom is -0.278 e. The van der Waals surface area contributed by atoms with Gasteiger partial charge in [-0.05, 0) is 40.8 Å². The summed E-state index contributed by atoms with van der Waals surface area (Å²) in [7, 11) is -3.72. The van der Waals surface area contributed by atoms with E-state index in [0.29, 0.717) is 5.69 Å². The van der Waals surface area contributed by atoms with E-state index in [1.807, 2.05) is 12.1 Å². The first-order valence-corrected chi connectivity index (χ1v) is 7.81.